The molecule has 4 rings (SSSR count). The summed E-state index contributed by atoms with van der Waals surface area (Å²) in [5.41, 5.74) is 7.78. The summed E-state index contributed by atoms with van der Waals surface area (Å²) >= 11 is 7.28. The summed E-state index contributed by atoms with van der Waals surface area (Å²) in [6, 6.07) is 3.84. The molecule has 0 saturated carbocycles. The number of aliphatic imine (C=N–C) groups is 1. The van der Waals surface area contributed by atoms with Crippen LogP contribution in [-0.4, -0.2) is 40.2 Å². The molecular weight excluding hydrogens is 450 g/mol. The van der Waals surface area contributed by atoms with E-state index < -0.39 is 5.91 Å². The van der Waals surface area contributed by atoms with Gasteiger partial charge in [-0.15, -0.1) is 11.3 Å². The van der Waals surface area contributed by atoms with Crippen molar-refractivity contribution in [2.24, 2.45) is 10.7 Å². The molecule has 11 heteroatoms. The maximum absolute atomic E-state index is 12.6. The maximum atomic E-state index is 12.6. The quantitative estimate of drug-likeness (QED) is 0.261. The fourth-order valence-corrected chi connectivity index (χ4v) is 4.68. The highest BCUT2D eigenvalue weighted by Gasteiger charge is 2.25. The van der Waals surface area contributed by atoms with Crippen LogP contribution >= 0.6 is 22.9 Å². The number of nitrogens with one attached hydrogen (secondary N) is 3. The van der Waals surface area contributed by atoms with Crippen molar-refractivity contribution in [3.63, 3.8) is 0 Å². The first-order valence-corrected chi connectivity index (χ1v) is 10.9. The van der Waals surface area contributed by atoms with Crippen molar-refractivity contribution in [1.82, 2.24) is 15.3 Å². The minimum absolute atomic E-state index is 0.0131. The molecule has 1 aliphatic rings. The molecule has 32 heavy (non-hydrogen) atoms. The minimum Gasteiger partial charge on any atom is -0.381 e. The number of aromatic nitrogens is 2. The molecule has 0 radical (unpaired) electrons. The Morgan fingerprint density at radius 1 is 1.47 bits per heavy atom. The zero-order chi connectivity index (χ0) is 23.0. The third kappa shape index (κ3) is 4.02. The predicted octanol–water partition coefficient (Wildman–Crippen LogP) is 3.79. The number of hydrogen-bond acceptors (Lipinski definition) is 7. The molecule has 3 aromatic rings. The Kier molecular flexibility index (Phi) is 5.81. The highest BCUT2D eigenvalue weighted by molar-refractivity contribution is 7.21. The number of benzene rings is 1. The Bertz CT molecular complexity index is 1300. The summed E-state index contributed by atoms with van der Waals surface area (Å²) in [7, 11) is 0. The van der Waals surface area contributed by atoms with Crippen molar-refractivity contribution < 1.29 is 9.59 Å². The number of amidine groups is 1. The highest BCUT2D eigenvalue weighted by atomic mass is 35.5. The van der Waals surface area contributed by atoms with E-state index >= 15 is 0 Å². The van der Waals surface area contributed by atoms with Crippen LogP contribution < -0.4 is 21.7 Å². The van der Waals surface area contributed by atoms with Crippen molar-refractivity contribution in [2.75, 3.05) is 17.2 Å². The number of carbonyl (C=O) groups excluding carboxylic acids is 2. The molecule has 0 fully saturated rings. The highest BCUT2D eigenvalue weighted by Crippen LogP contribution is 2.42. The normalized spacial score (nSPS) is 16.0. The van der Waals surface area contributed by atoms with Crippen molar-refractivity contribution in [2.45, 2.75) is 19.9 Å². The van der Waals surface area contributed by atoms with Crippen molar-refractivity contribution in [1.29, 1.82) is 0 Å². The number of nitrogens with two attached hydrogens (primary N) is 1. The monoisotopic (exact) mass is 469 g/mol. The van der Waals surface area contributed by atoms with Crippen molar-refractivity contribution in [3.8, 4) is 0 Å². The Morgan fingerprint density at radius 3 is 2.97 bits per heavy atom. The largest absolute Gasteiger partial charge is 0.381 e. The summed E-state index contributed by atoms with van der Waals surface area (Å²) < 4.78 is 0.959. The van der Waals surface area contributed by atoms with Crippen LogP contribution in [0, 0.1) is 0 Å². The SMILES string of the molecule is C=Cc1c(NC(C)=Nc2nc(Cl)ncc2C(N)=O)ccc2sc3c(c12)NC[C@@H](C)NC3=O. The molecule has 164 valence electrons. The van der Waals surface area contributed by atoms with Crippen LogP contribution in [0.25, 0.3) is 16.2 Å². The van der Waals surface area contributed by atoms with Gasteiger partial charge in [-0.25, -0.2) is 9.98 Å². The molecule has 0 spiro atoms. The number of halogens is 1. The minimum atomic E-state index is -0.707. The van der Waals surface area contributed by atoms with Crippen molar-refractivity contribution in [3.05, 3.63) is 46.2 Å². The fraction of sp³-hybridized carbons (Fsp3) is 0.190. The van der Waals surface area contributed by atoms with Crippen LogP contribution in [0.3, 0.4) is 0 Å². The smallest absolute Gasteiger partial charge is 0.263 e. The molecule has 0 bridgehead atoms. The second kappa shape index (κ2) is 8.56. The standard InChI is InChI=1S/C21H20ClN7O2S/c1-4-11-13(27-10(3)28-19-12(18(23)30)8-25-21(22)29-19)5-6-14-15(11)16-17(32-14)20(31)26-9(2)7-24-16/h4-6,8-9,24H,1,7H2,2-3H3,(H2,23,30)(H,26,31)(H,25,27,28,29)/t9-/m1/s1. The Labute approximate surface area is 192 Å². The van der Waals surface area contributed by atoms with E-state index in [4.69, 9.17) is 17.3 Å². The molecule has 3 heterocycles. The van der Waals surface area contributed by atoms with E-state index in [2.05, 4.69) is 37.5 Å². The lowest BCUT2D eigenvalue weighted by molar-refractivity contribution is 0.0948. The summed E-state index contributed by atoms with van der Waals surface area (Å²) in [6.45, 7) is 8.25. The van der Waals surface area contributed by atoms with Crippen LogP contribution in [0.1, 0.15) is 39.4 Å². The number of hydrogen-bond donors (Lipinski definition) is 4. The first-order valence-electron chi connectivity index (χ1n) is 9.69. The number of rotatable bonds is 4. The van der Waals surface area contributed by atoms with E-state index in [0.717, 1.165) is 27.0 Å². The molecule has 2 amide bonds. The lowest BCUT2D eigenvalue weighted by atomic mass is 10.1. The molecule has 5 N–H and O–H groups in total. The van der Waals surface area contributed by atoms with Gasteiger partial charge in [-0.2, -0.15) is 4.98 Å². The first kappa shape index (κ1) is 21.7. The number of nitrogens with zero attached hydrogens (tertiary/aromatic N) is 3. The van der Waals surface area contributed by atoms with E-state index in [1.54, 1.807) is 13.0 Å². The third-order valence-corrected chi connectivity index (χ3v) is 6.20. The summed E-state index contributed by atoms with van der Waals surface area (Å²) in [5, 5.41) is 10.4. The molecule has 1 aliphatic heterocycles. The number of carbonyl (C=O) groups is 2. The number of anilines is 2. The van der Waals surface area contributed by atoms with Gasteiger partial charge in [0.05, 0.1) is 5.69 Å². The van der Waals surface area contributed by atoms with Gasteiger partial charge < -0.3 is 21.7 Å². The van der Waals surface area contributed by atoms with Gasteiger partial charge in [-0.05, 0) is 37.6 Å². The number of fused-ring (bicyclic) bond motifs is 3. The zero-order valence-electron chi connectivity index (χ0n) is 17.3. The van der Waals surface area contributed by atoms with E-state index in [1.807, 2.05) is 19.1 Å². The van der Waals surface area contributed by atoms with Crippen LogP contribution in [0.4, 0.5) is 17.2 Å². The Morgan fingerprint density at radius 2 is 2.25 bits per heavy atom. The van der Waals surface area contributed by atoms with Crippen LogP contribution in [0.5, 0.6) is 0 Å². The second-order valence-electron chi connectivity index (χ2n) is 7.23. The lowest BCUT2D eigenvalue weighted by Gasteiger charge is -2.13. The predicted molar refractivity (Wildman–Crippen MR) is 129 cm³/mol. The van der Waals surface area contributed by atoms with Gasteiger partial charge in [-0.1, -0.05) is 12.7 Å². The Hall–Kier alpha value is -3.50. The molecular formula is C21H20ClN7O2S. The molecule has 2 aromatic heterocycles. The second-order valence-corrected chi connectivity index (χ2v) is 8.62. The number of amides is 2. The van der Waals surface area contributed by atoms with Gasteiger partial charge in [-0.3, -0.25) is 9.59 Å². The van der Waals surface area contributed by atoms with E-state index in [1.165, 1.54) is 17.5 Å². The summed E-state index contributed by atoms with van der Waals surface area (Å²) in [6.07, 6.45) is 2.97. The third-order valence-electron chi connectivity index (χ3n) is 4.86. The van der Waals surface area contributed by atoms with E-state index in [0.29, 0.717) is 17.3 Å². The molecule has 0 saturated heterocycles. The summed E-state index contributed by atoms with van der Waals surface area (Å²) in [5.74, 6) is -0.285. The molecule has 1 aromatic carbocycles. The summed E-state index contributed by atoms with van der Waals surface area (Å²) in [4.78, 5) is 37.0. The maximum Gasteiger partial charge on any atom is 0.263 e. The lowest BCUT2D eigenvalue weighted by Crippen LogP contribution is -2.34. The van der Waals surface area contributed by atoms with Gasteiger partial charge in [0.15, 0.2) is 5.82 Å². The number of thiophene rings is 1. The van der Waals surface area contributed by atoms with Gasteiger partial charge >= 0.3 is 0 Å². The van der Waals surface area contributed by atoms with Crippen LogP contribution in [0.15, 0.2) is 29.9 Å². The average molecular weight is 470 g/mol. The first-order chi connectivity index (χ1) is 15.3. The number of primary amides is 1. The molecule has 9 nitrogen and oxygen atoms in total. The van der Waals surface area contributed by atoms with Crippen LogP contribution in [0.2, 0.25) is 5.28 Å². The topological polar surface area (TPSA) is 134 Å². The molecule has 1 atom stereocenters. The van der Waals surface area contributed by atoms with E-state index in [-0.39, 0.29) is 28.6 Å². The molecule has 0 aliphatic carbocycles. The Balaban J connectivity index is 1.77. The zero-order valence-corrected chi connectivity index (χ0v) is 18.9. The van der Waals surface area contributed by atoms with Crippen LogP contribution in [-0.2, 0) is 0 Å². The van der Waals surface area contributed by atoms with Gasteiger partial charge in [0.25, 0.3) is 11.8 Å². The van der Waals surface area contributed by atoms with E-state index in [9.17, 15) is 9.59 Å². The fourth-order valence-electron chi connectivity index (χ4n) is 3.45. The van der Waals surface area contributed by atoms with Gasteiger partial charge in [0, 0.05) is 40.1 Å². The molecule has 0 unspecified atom stereocenters. The van der Waals surface area contributed by atoms with Crippen molar-refractivity contribution >= 4 is 73.9 Å². The van der Waals surface area contributed by atoms with Gasteiger partial charge in [0.2, 0.25) is 5.28 Å². The van der Waals surface area contributed by atoms with Gasteiger partial charge in [0.1, 0.15) is 16.3 Å². The average Bonchev–Trinajstić information content (AvgIpc) is 3.04.